The molecule has 0 atom stereocenters. The molecule has 68 valence electrons. The number of nitrogens with zero attached hydrogens (tertiary/aromatic N) is 2. The third kappa shape index (κ3) is 1.18. The molecule has 0 aromatic carbocycles. The second-order valence-electron chi connectivity index (χ2n) is 3.52. The van der Waals surface area contributed by atoms with Crippen LogP contribution in [0.15, 0.2) is 30.5 Å². The van der Waals surface area contributed by atoms with Crippen LogP contribution >= 0.6 is 0 Å². The minimum Gasteiger partial charge on any atom is -0.376 e. The molecule has 13 heavy (non-hydrogen) atoms. The molecule has 0 amide bonds. The van der Waals surface area contributed by atoms with Crippen LogP contribution in [0.1, 0.15) is 5.69 Å². The number of pyridine rings is 1. The molecule has 2 heterocycles. The molecule has 0 saturated heterocycles. The van der Waals surface area contributed by atoms with Gasteiger partial charge < -0.3 is 9.30 Å². The van der Waals surface area contributed by atoms with E-state index in [9.17, 15) is 0 Å². The molecule has 0 bridgehead atoms. The summed E-state index contributed by atoms with van der Waals surface area (Å²) in [5, 5.41) is 0. The second kappa shape index (κ2) is 2.80. The van der Waals surface area contributed by atoms with Gasteiger partial charge in [-0.15, -0.1) is 0 Å². The third-order valence-electron chi connectivity index (χ3n) is 2.36. The Kier molecular flexibility index (Phi) is 1.76. The molecule has 0 unspecified atom stereocenters. The minimum atomic E-state index is 1.26. The number of anilines is 1. The average molecular weight is 174 g/mol. The summed E-state index contributed by atoms with van der Waals surface area (Å²) >= 11 is 0. The number of aromatic nitrogens is 1. The second-order valence-corrected chi connectivity index (χ2v) is 3.52. The zero-order valence-corrected chi connectivity index (χ0v) is 8.28. The highest BCUT2D eigenvalue weighted by atomic mass is 15.1. The van der Waals surface area contributed by atoms with Gasteiger partial charge in [0, 0.05) is 26.0 Å². The maximum absolute atomic E-state index is 2.20. The number of aryl methyl sites for hydroxylation is 1. The largest absolute Gasteiger partial charge is 0.376 e. The van der Waals surface area contributed by atoms with Crippen molar-refractivity contribution in [1.82, 2.24) is 4.40 Å². The smallest absolute Gasteiger partial charge is 0.0687 e. The zero-order valence-electron chi connectivity index (χ0n) is 8.28. The fraction of sp³-hybridized carbons (Fsp3) is 0.273. The Morgan fingerprint density at radius 3 is 2.62 bits per heavy atom. The summed E-state index contributed by atoms with van der Waals surface area (Å²) in [6.45, 7) is 2.12. The summed E-state index contributed by atoms with van der Waals surface area (Å²) in [5.41, 5.74) is 3.80. The van der Waals surface area contributed by atoms with Crippen LogP contribution in [0.4, 0.5) is 5.69 Å². The van der Waals surface area contributed by atoms with Crippen molar-refractivity contribution in [3.05, 3.63) is 36.2 Å². The van der Waals surface area contributed by atoms with Gasteiger partial charge in [-0.05, 0) is 31.2 Å². The van der Waals surface area contributed by atoms with Crippen LogP contribution in [-0.2, 0) is 0 Å². The predicted octanol–water partition coefficient (Wildman–Crippen LogP) is 2.31. The van der Waals surface area contributed by atoms with Gasteiger partial charge in [-0.3, -0.25) is 0 Å². The van der Waals surface area contributed by atoms with E-state index in [1.54, 1.807) is 0 Å². The lowest BCUT2D eigenvalue weighted by atomic mass is 10.3. The van der Waals surface area contributed by atoms with Gasteiger partial charge in [0.2, 0.25) is 0 Å². The monoisotopic (exact) mass is 174 g/mol. The minimum absolute atomic E-state index is 1.26. The normalized spacial score (nSPS) is 10.7. The molecule has 0 radical (unpaired) electrons. The highest BCUT2D eigenvalue weighted by molar-refractivity contribution is 5.73. The molecule has 0 fully saturated rings. The lowest BCUT2D eigenvalue weighted by Gasteiger charge is -2.14. The summed E-state index contributed by atoms with van der Waals surface area (Å²) in [4.78, 5) is 2.13. The van der Waals surface area contributed by atoms with Crippen molar-refractivity contribution in [2.45, 2.75) is 6.92 Å². The molecule has 2 aromatic heterocycles. The maximum atomic E-state index is 2.20. The summed E-state index contributed by atoms with van der Waals surface area (Å²) in [6, 6.07) is 8.51. The van der Waals surface area contributed by atoms with Crippen molar-refractivity contribution in [3.63, 3.8) is 0 Å². The standard InChI is InChI=1S/C11H14N2/c1-9-6-7-11-10(12(2)3)5-4-8-13(9)11/h4-8H,1-3H3. The van der Waals surface area contributed by atoms with Gasteiger partial charge in [0.25, 0.3) is 0 Å². The molecule has 0 saturated carbocycles. The van der Waals surface area contributed by atoms with Gasteiger partial charge in [0.05, 0.1) is 11.2 Å². The van der Waals surface area contributed by atoms with Crippen LogP contribution in [-0.4, -0.2) is 18.5 Å². The number of hydrogen-bond donors (Lipinski definition) is 0. The molecule has 2 rings (SSSR count). The Hall–Kier alpha value is -1.44. The van der Waals surface area contributed by atoms with Crippen molar-refractivity contribution < 1.29 is 0 Å². The van der Waals surface area contributed by atoms with E-state index in [-0.39, 0.29) is 0 Å². The lowest BCUT2D eigenvalue weighted by Crippen LogP contribution is -2.09. The zero-order chi connectivity index (χ0) is 9.42. The molecule has 0 aliphatic rings. The highest BCUT2D eigenvalue weighted by Gasteiger charge is 2.03. The Bertz CT molecular complexity index is 427. The van der Waals surface area contributed by atoms with E-state index in [0.717, 1.165) is 0 Å². The van der Waals surface area contributed by atoms with E-state index in [1.165, 1.54) is 16.9 Å². The topological polar surface area (TPSA) is 7.65 Å². The van der Waals surface area contributed by atoms with Gasteiger partial charge in [-0.1, -0.05) is 0 Å². The quantitative estimate of drug-likeness (QED) is 0.643. The van der Waals surface area contributed by atoms with Gasteiger partial charge in [0.15, 0.2) is 0 Å². The van der Waals surface area contributed by atoms with E-state index in [2.05, 4.69) is 60.8 Å². The van der Waals surface area contributed by atoms with E-state index in [0.29, 0.717) is 0 Å². The third-order valence-corrected chi connectivity index (χ3v) is 2.36. The van der Waals surface area contributed by atoms with Crippen LogP contribution in [0.25, 0.3) is 5.52 Å². The van der Waals surface area contributed by atoms with Crippen molar-refractivity contribution >= 4 is 11.2 Å². The van der Waals surface area contributed by atoms with Crippen LogP contribution < -0.4 is 4.90 Å². The molecule has 0 spiro atoms. The number of fused-ring (bicyclic) bond motifs is 1. The fourth-order valence-corrected chi connectivity index (χ4v) is 1.64. The first-order valence-corrected chi connectivity index (χ1v) is 4.44. The van der Waals surface area contributed by atoms with Crippen molar-refractivity contribution in [2.24, 2.45) is 0 Å². The van der Waals surface area contributed by atoms with E-state index >= 15 is 0 Å². The molecule has 2 heteroatoms. The lowest BCUT2D eigenvalue weighted by molar-refractivity contribution is 1.08. The summed E-state index contributed by atoms with van der Waals surface area (Å²) in [7, 11) is 4.13. The van der Waals surface area contributed by atoms with Gasteiger partial charge >= 0.3 is 0 Å². The highest BCUT2D eigenvalue weighted by Crippen LogP contribution is 2.21. The SMILES string of the molecule is Cc1ccc2c(N(C)C)cccn12. The van der Waals surface area contributed by atoms with Gasteiger partial charge in [0.1, 0.15) is 0 Å². The van der Waals surface area contributed by atoms with Gasteiger partial charge in [-0.2, -0.15) is 0 Å². The first-order valence-electron chi connectivity index (χ1n) is 4.44. The molecular formula is C11H14N2. The molecule has 0 aliphatic carbocycles. The van der Waals surface area contributed by atoms with Crippen molar-refractivity contribution in [2.75, 3.05) is 19.0 Å². The predicted molar refractivity (Wildman–Crippen MR) is 56.5 cm³/mol. The Labute approximate surface area is 78.4 Å². The van der Waals surface area contributed by atoms with Crippen LogP contribution in [0.5, 0.6) is 0 Å². The summed E-state index contributed by atoms with van der Waals surface area (Å²) < 4.78 is 2.20. The van der Waals surface area contributed by atoms with E-state index < -0.39 is 0 Å². The maximum Gasteiger partial charge on any atom is 0.0687 e. The molecule has 2 nitrogen and oxygen atoms in total. The summed E-state index contributed by atoms with van der Waals surface area (Å²) in [6.07, 6.45) is 2.09. The Morgan fingerprint density at radius 2 is 1.92 bits per heavy atom. The first kappa shape index (κ1) is 8.17. The Balaban J connectivity index is 2.77. The molecule has 0 N–H and O–H groups in total. The van der Waals surface area contributed by atoms with E-state index in [4.69, 9.17) is 0 Å². The van der Waals surface area contributed by atoms with Crippen LogP contribution in [0.2, 0.25) is 0 Å². The Morgan fingerprint density at radius 1 is 1.15 bits per heavy atom. The first-order chi connectivity index (χ1) is 6.20. The van der Waals surface area contributed by atoms with Crippen LogP contribution in [0, 0.1) is 6.92 Å². The van der Waals surface area contributed by atoms with Crippen LogP contribution in [0.3, 0.4) is 0 Å². The summed E-state index contributed by atoms with van der Waals surface area (Å²) in [5.74, 6) is 0. The van der Waals surface area contributed by atoms with E-state index in [1.807, 2.05) is 0 Å². The molecular weight excluding hydrogens is 160 g/mol. The number of hydrogen-bond acceptors (Lipinski definition) is 1. The number of rotatable bonds is 1. The van der Waals surface area contributed by atoms with Crippen molar-refractivity contribution in [3.8, 4) is 0 Å². The molecule has 2 aromatic rings. The van der Waals surface area contributed by atoms with Crippen molar-refractivity contribution in [1.29, 1.82) is 0 Å². The molecule has 0 aliphatic heterocycles. The fourth-order valence-electron chi connectivity index (χ4n) is 1.64. The van der Waals surface area contributed by atoms with Gasteiger partial charge in [-0.25, -0.2) is 0 Å². The average Bonchev–Trinajstić information content (AvgIpc) is 2.48.